The average molecular weight is 665 g/mol. The van der Waals surface area contributed by atoms with Crippen molar-refractivity contribution in [3.63, 3.8) is 0 Å². The first-order chi connectivity index (χ1) is 23.8. The Morgan fingerprint density at radius 2 is 0.562 bits per heavy atom. The number of hydrogen-bond acceptors (Lipinski definition) is 8. The van der Waals surface area contributed by atoms with Crippen molar-refractivity contribution >= 4 is 24.3 Å². The van der Waals surface area contributed by atoms with Gasteiger partial charge in [-0.2, -0.15) is 0 Å². The Balaban J connectivity index is 0.891. The fourth-order valence-electron chi connectivity index (χ4n) is 6.17. The Labute approximate surface area is 290 Å². The summed E-state index contributed by atoms with van der Waals surface area (Å²) in [7, 11) is 0. The molecule has 0 radical (unpaired) electrons. The highest BCUT2D eigenvalue weighted by Crippen LogP contribution is 2.29. The third kappa shape index (κ3) is 6.98. The molecule has 2 fully saturated rings. The molecule has 6 aromatic carbocycles. The molecule has 48 heavy (non-hydrogen) atoms. The summed E-state index contributed by atoms with van der Waals surface area (Å²) in [5, 5.41) is 7.47. The van der Waals surface area contributed by atoms with Crippen molar-refractivity contribution in [2.24, 2.45) is 0 Å². The van der Waals surface area contributed by atoms with Crippen molar-refractivity contribution in [3.8, 4) is 44.5 Å². The van der Waals surface area contributed by atoms with Crippen molar-refractivity contribution < 1.29 is 0 Å². The van der Waals surface area contributed by atoms with Gasteiger partial charge in [-0.05, 0) is 55.6 Å². The molecule has 0 bridgehead atoms. The molecule has 4 unspecified atom stereocenters. The normalized spacial score (nSPS) is 21.1. The summed E-state index contributed by atoms with van der Waals surface area (Å²) in [6.07, 6.45) is -0.0626. The molecular weight excluding hydrogens is 629 g/mol. The van der Waals surface area contributed by atoms with Crippen molar-refractivity contribution in [1.82, 2.24) is 29.5 Å². The van der Waals surface area contributed by atoms with Crippen LogP contribution in [0.3, 0.4) is 0 Å². The highest BCUT2D eigenvalue weighted by atomic mass is 32.2. The number of benzene rings is 6. The van der Waals surface area contributed by atoms with Gasteiger partial charge in [0.15, 0.2) is 0 Å². The van der Waals surface area contributed by atoms with E-state index in [1.807, 2.05) is 12.1 Å². The second-order valence-electron chi connectivity index (χ2n) is 12.0. The first kappa shape index (κ1) is 31.1. The Morgan fingerprint density at radius 1 is 0.292 bits per heavy atom. The van der Waals surface area contributed by atoms with Gasteiger partial charge in [0.1, 0.15) is 0 Å². The van der Waals surface area contributed by atoms with Gasteiger partial charge in [-0.25, -0.2) is 18.9 Å². The van der Waals surface area contributed by atoms with E-state index in [9.17, 15) is 0 Å². The number of nitrogens with one attached hydrogen (secondary N) is 6. The Hall–Kier alpha value is -4.22. The molecule has 2 aliphatic rings. The van der Waals surface area contributed by atoms with Crippen LogP contribution in [0.1, 0.15) is 23.5 Å². The molecule has 2 aliphatic heterocycles. The first-order valence-electron chi connectivity index (χ1n) is 16.1. The minimum Gasteiger partial charge on any atom is -0.279 e. The summed E-state index contributed by atoms with van der Waals surface area (Å²) in [5.74, 6) is 0. The van der Waals surface area contributed by atoms with Crippen LogP contribution < -0.4 is 29.5 Å². The molecule has 6 aromatic rings. The zero-order valence-electron chi connectivity index (χ0n) is 26.1. The monoisotopic (exact) mass is 664 g/mol. The molecule has 6 N–H and O–H groups in total. The van der Waals surface area contributed by atoms with Gasteiger partial charge in [-0.3, -0.25) is 10.6 Å². The molecule has 0 aromatic heterocycles. The Kier molecular flexibility index (Phi) is 9.38. The van der Waals surface area contributed by atoms with Crippen LogP contribution in [-0.2, 0) is 0 Å². The van der Waals surface area contributed by atoms with Gasteiger partial charge in [0, 0.05) is 24.3 Å². The standard InChI is InChI=1S/C40H36N6S2/c1-3-7-27(8-4-1)29-11-15-31(16-12-29)33-19-23-35(24-20-33)37-41-39(45-47-43-37)40-42-38(44-48-46-40)36-25-21-34(22-26-36)32-17-13-30(14-18-32)28-9-5-2-6-10-28/h1-26,37-46H. The van der Waals surface area contributed by atoms with E-state index < -0.39 is 0 Å². The molecule has 0 amide bonds. The molecule has 0 saturated carbocycles. The minimum absolute atomic E-state index is 0.00902. The fourth-order valence-corrected chi connectivity index (χ4v) is 7.61. The van der Waals surface area contributed by atoms with Gasteiger partial charge in [0.05, 0.1) is 24.7 Å². The highest BCUT2D eigenvalue weighted by molar-refractivity contribution is 7.95. The van der Waals surface area contributed by atoms with Gasteiger partial charge < -0.3 is 0 Å². The van der Waals surface area contributed by atoms with Crippen molar-refractivity contribution in [3.05, 3.63) is 169 Å². The van der Waals surface area contributed by atoms with Crippen molar-refractivity contribution in [1.29, 1.82) is 0 Å². The smallest absolute Gasteiger partial charge is 0.0991 e. The maximum atomic E-state index is 3.73. The highest BCUT2D eigenvalue weighted by Gasteiger charge is 2.33. The van der Waals surface area contributed by atoms with Gasteiger partial charge in [-0.1, -0.05) is 158 Å². The summed E-state index contributed by atoms with van der Waals surface area (Å²) in [4.78, 5) is 0. The molecule has 238 valence electrons. The fraction of sp³-hybridized carbons (Fsp3) is 0.100. The molecule has 4 atom stereocenters. The molecule has 8 heteroatoms. The number of hydrogen-bond donors (Lipinski definition) is 6. The third-order valence-corrected chi connectivity index (χ3v) is 10.3. The van der Waals surface area contributed by atoms with Crippen LogP contribution in [0.15, 0.2) is 158 Å². The third-order valence-electron chi connectivity index (χ3n) is 8.89. The molecule has 6 nitrogen and oxygen atoms in total. The van der Waals surface area contributed by atoms with Crippen LogP contribution in [-0.4, -0.2) is 12.3 Å². The summed E-state index contributed by atoms with van der Waals surface area (Å²) < 4.78 is 13.9. The van der Waals surface area contributed by atoms with E-state index in [0.717, 1.165) is 0 Å². The van der Waals surface area contributed by atoms with E-state index in [-0.39, 0.29) is 24.7 Å². The lowest BCUT2D eigenvalue weighted by Crippen LogP contribution is -2.66. The predicted molar refractivity (Wildman–Crippen MR) is 202 cm³/mol. The SMILES string of the molecule is c1ccc(-c2ccc(-c3ccc(C4NSNC(C5NSNC(c6ccc(-c7ccc(-c8ccccc8)cc7)cc6)N5)N4)cc3)cc2)cc1. The van der Waals surface area contributed by atoms with Crippen molar-refractivity contribution in [2.45, 2.75) is 24.7 Å². The van der Waals surface area contributed by atoms with E-state index in [2.05, 4.69) is 175 Å². The zero-order chi connectivity index (χ0) is 32.1. The summed E-state index contributed by atoms with van der Waals surface area (Å²) >= 11 is 3.05. The quantitative estimate of drug-likeness (QED) is 0.0952. The zero-order valence-corrected chi connectivity index (χ0v) is 27.8. The van der Waals surface area contributed by atoms with Crippen LogP contribution in [0.5, 0.6) is 0 Å². The van der Waals surface area contributed by atoms with E-state index in [1.165, 1.54) is 79.9 Å². The van der Waals surface area contributed by atoms with E-state index in [4.69, 9.17) is 0 Å². The van der Waals surface area contributed by atoms with Gasteiger partial charge >= 0.3 is 0 Å². The van der Waals surface area contributed by atoms with Crippen LogP contribution in [0.2, 0.25) is 0 Å². The first-order valence-corrected chi connectivity index (χ1v) is 17.8. The molecule has 0 aliphatic carbocycles. The number of rotatable bonds is 7. The molecule has 8 rings (SSSR count). The predicted octanol–water partition coefficient (Wildman–Crippen LogP) is 8.40. The summed E-state index contributed by atoms with van der Waals surface area (Å²) in [5.41, 5.74) is 12.1. The molecule has 2 heterocycles. The van der Waals surface area contributed by atoms with Crippen LogP contribution in [0, 0.1) is 0 Å². The summed E-state index contributed by atoms with van der Waals surface area (Å²) in [6.45, 7) is 0. The second kappa shape index (κ2) is 14.5. The van der Waals surface area contributed by atoms with E-state index in [1.54, 1.807) is 0 Å². The lowest BCUT2D eigenvalue weighted by atomic mass is 9.99. The van der Waals surface area contributed by atoms with E-state index in [0.29, 0.717) is 0 Å². The van der Waals surface area contributed by atoms with Gasteiger partial charge in [0.25, 0.3) is 0 Å². The van der Waals surface area contributed by atoms with Crippen LogP contribution in [0.4, 0.5) is 0 Å². The Bertz CT molecular complexity index is 1780. The molecular formula is C40H36N6S2. The van der Waals surface area contributed by atoms with Crippen LogP contribution in [0.25, 0.3) is 44.5 Å². The van der Waals surface area contributed by atoms with E-state index >= 15 is 0 Å². The van der Waals surface area contributed by atoms with Crippen molar-refractivity contribution in [2.75, 3.05) is 0 Å². The van der Waals surface area contributed by atoms with Gasteiger partial charge in [-0.15, -0.1) is 0 Å². The lowest BCUT2D eigenvalue weighted by molar-refractivity contribution is 0.267. The van der Waals surface area contributed by atoms with Crippen LogP contribution >= 0.6 is 24.3 Å². The maximum Gasteiger partial charge on any atom is 0.0991 e. The summed E-state index contributed by atoms with van der Waals surface area (Å²) in [6, 6.07) is 56.2. The maximum absolute atomic E-state index is 3.73. The van der Waals surface area contributed by atoms with Gasteiger partial charge in [0.2, 0.25) is 0 Å². The topological polar surface area (TPSA) is 72.2 Å². The molecule has 0 spiro atoms. The Morgan fingerprint density at radius 3 is 0.875 bits per heavy atom. The lowest BCUT2D eigenvalue weighted by Gasteiger charge is -2.41. The average Bonchev–Trinajstić information content (AvgIpc) is 3.19. The minimum atomic E-state index is -0.0223. The second-order valence-corrected chi connectivity index (χ2v) is 13.3. The molecule has 2 saturated heterocycles. The largest absolute Gasteiger partial charge is 0.279 e.